The Bertz CT molecular complexity index is 795. The lowest BCUT2D eigenvalue weighted by molar-refractivity contribution is -0.116. The molecule has 0 saturated heterocycles. The SMILES string of the molecule is O=C(CCCCl)Nc1nc(-c2cccc3ccccc23)cs1. The minimum Gasteiger partial charge on any atom is -0.302 e. The van der Waals surface area contributed by atoms with Gasteiger partial charge in [-0.2, -0.15) is 0 Å². The van der Waals surface area contributed by atoms with E-state index in [1.165, 1.54) is 16.7 Å². The number of nitrogens with zero attached hydrogens (tertiary/aromatic N) is 1. The second-order valence-electron chi connectivity index (χ2n) is 4.91. The van der Waals surface area contributed by atoms with Crippen molar-refractivity contribution in [2.75, 3.05) is 11.2 Å². The van der Waals surface area contributed by atoms with Crippen LogP contribution in [0.25, 0.3) is 22.0 Å². The number of amides is 1. The Kier molecular flexibility index (Phi) is 4.71. The van der Waals surface area contributed by atoms with Gasteiger partial charge in [-0.25, -0.2) is 4.98 Å². The monoisotopic (exact) mass is 330 g/mol. The van der Waals surface area contributed by atoms with Crippen LogP contribution in [0.4, 0.5) is 5.13 Å². The summed E-state index contributed by atoms with van der Waals surface area (Å²) in [6.45, 7) is 0. The van der Waals surface area contributed by atoms with Gasteiger partial charge in [0, 0.05) is 23.2 Å². The molecule has 0 fully saturated rings. The van der Waals surface area contributed by atoms with E-state index in [1.807, 2.05) is 23.6 Å². The number of carbonyl (C=O) groups is 1. The third-order valence-electron chi connectivity index (χ3n) is 3.35. The molecule has 1 N–H and O–H groups in total. The molecule has 1 amide bonds. The highest BCUT2D eigenvalue weighted by molar-refractivity contribution is 7.14. The maximum absolute atomic E-state index is 11.7. The van der Waals surface area contributed by atoms with E-state index < -0.39 is 0 Å². The molecule has 0 aliphatic carbocycles. The maximum atomic E-state index is 11.7. The molecule has 0 aliphatic rings. The number of anilines is 1. The summed E-state index contributed by atoms with van der Waals surface area (Å²) in [6.07, 6.45) is 1.10. The average Bonchev–Trinajstić information content (AvgIpc) is 3.00. The number of hydrogen-bond donors (Lipinski definition) is 1. The van der Waals surface area contributed by atoms with E-state index in [9.17, 15) is 4.79 Å². The lowest BCUT2D eigenvalue weighted by atomic mass is 10.0. The van der Waals surface area contributed by atoms with Gasteiger partial charge in [0.25, 0.3) is 0 Å². The largest absolute Gasteiger partial charge is 0.302 e. The number of halogens is 1. The third kappa shape index (κ3) is 3.29. The van der Waals surface area contributed by atoms with Crippen molar-refractivity contribution in [1.29, 1.82) is 0 Å². The molecule has 0 unspecified atom stereocenters. The maximum Gasteiger partial charge on any atom is 0.226 e. The van der Waals surface area contributed by atoms with E-state index in [2.05, 4.69) is 34.6 Å². The summed E-state index contributed by atoms with van der Waals surface area (Å²) in [6, 6.07) is 14.4. The highest BCUT2D eigenvalue weighted by Gasteiger charge is 2.10. The van der Waals surface area contributed by atoms with Gasteiger partial charge < -0.3 is 5.32 Å². The summed E-state index contributed by atoms with van der Waals surface area (Å²) < 4.78 is 0. The summed E-state index contributed by atoms with van der Waals surface area (Å²) in [4.78, 5) is 16.3. The molecule has 0 saturated carbocycles. The van der Waals surface area contributed by atoms with Crippen molar-refractivity contribution in [1.82, 2.24) is 4.98 Å². The molecule has 0 aliphatic heterocycles. The van der Waals surface area contributed by atoms with Gasteiger partial charge in [0.2, 0.25) is 5.91 Å². The fourth-order valence-corrected chi connectivity index (χ4v) is 3.17. The molecule has 3 aromatic rings. The fraction of sp³-hybridized carbons (Fsp3) is 0.176. The standard InChI is InChI=1S/C17H15ClN2OS/c18-10-4-9-16(21)20-17-19-15(11-22-17)14-8-3-6-12-5-1-2-7-13(12)14/h1-3,5-8,11H,4,9-10H2,(H,19,20,21). The molecule has 0 bridgehead atoms. The van der Waals surface area contributed by atoms with Crippen LogP contribution in [0.5, 0.6) is 0 Å². The molecule has 0 atom stereocenters. The molecule has 3 rings (SSSR count). The molecular weight excluding hydrogens is 316 g/mol. The van der Waals surface area contributed by atoms with Gasteiger partial charge >= 0.3 is 0 Å². The summed E-state index contributed by atoms with van der Waals surface area (Å²) in [5, 5.41) is 7.77. The first-order chi connectivity index (χ1) is 10.8. The zero-order chi connectivity index (χ0) is 15.4. The predicted octanol–water partition coefficient (Wildman–Crippen LogP) is 4.92. The number of alkyl halides is 1. The predicted molar refractivity (Wildman–Crippen MR) is 93.6 cm³/mol. The Morgan fingerprint density at radius 3 is 2.86 bits per heavy atom. The molecule has 2 aromatic carbocycles. The van der Waals surface area contributed by atoms with E-state index >= 15 is 0 Å². The van der Waals surface area contributed by atoms with Crippen molar-refractivity contribution in [3.05, 3.63) is 47.8 Å². The van der Waals surface area contributed by atoms with Gasteiger partial charge in [-0.3, -0.25) is 4.79 Å². The summed E-state index contributed by atoms with van der Waals surface area (Å²) in [7, 11) is 0. The van der Waals surface area contributed by atoms with Crippen molar-refractivity contribution >= 4 is 44.7 Å². The van der Waals surface area contributed by atoms with E-state index in [1.54, 1.807) is 0 Å². The van der Waals surface area contributed by atoms with E-state index in [-0.39, 0.29) is 5.91 Å². The van der Waals surface area contributed by atoms with Crippen molar-refractivity contribution in [3.8, 4) is 11.3 Å². The van der Waals surface area contributed by atoms with Crippen LogP contribution in [0.2, 0.25) is 0 Å². The summed E-state index contributed by atoms with van der Waals surface area (Å²) in [5.41, 5.74) is 1.96. The second kappa shape index (κ2) is 6.90. The van der Waals surface area contributed by atoms with Crippen LogP contribution in [0.3, 0.4) is 0 Å². The summed E-state index contributed by atoms with van der Waals surface area (Å²) >= 11 is 7.03. The topological polar surface area (TPSA) is 42.0 Å². The Hall–Kier alpha value is -1.91. The number of nitrogens with one attached hydrogen (secondary N) is 1. The molecule has 0 spiro atoms. The highest BCUT2D eigenvalue weighted by Crippen LogP contribution is 2.30. The van der Waals surface area contributed by atoms with E-state index in [4.69, 9.17) is 11.6 Å². The number of benzene rings is 2. The number of fused-ring (bicyclic) bond motifs is 1. The first-order valence-electron chi connectivity index (χ1n) is 7.07. The van der Waals surface area contributed by atoms with E-state index in [0.717, 1.165) is 16.6 Å². The van der Waals surface area contributed by atoms with Gasteiger partial charge in [0.05, 0.1) is 5.69 Å². The number of carbonyl (C=O) groups excluding carboxylic acids is 1. The second-order valence-corrected chi connectivity index (χ2v) is 6.14. The minimum atomic E-state index is -0.0422. The smallest absolute Gasteiger partial charge is 0.226 e. The zero-order valence-corrected chi connectivity index (χ0v) is 13.5. The van der Waals surface area contributed by atoms with Gasteiger partial charge in [-0.15, -0.1) is 22.9 Å². The van der Waals surface area contributed by atoms with Gasteiger partial charge in [-0.1, -0.05) is 42.5 Å². The first kappa shape index (κ1) is 15.0. The van der Waals surface area contributed by atoms with Crippen LogP contribution in [-0.2, 0) is 4.79 Å². The van der Waals surface area contributed by atoms with Gasteiger partial charge in [0.1, 0.15) is 0 Å². The van der Waals surface area contributed by atoms with Crippen molar-refractivity contribution in [2.45, 2.75) is 12.8 Å². The Morgan fingerprint density at radius 2 is 2.00 bits per heavy atom. The molecule has 22 heavy (non-hydrogen) atoms. The van der Waals surface area contributed by atoms with Crippen molar-refractivity contribution in [3.63, 3.8) is 0 Å². The van der Waals surface area contributed by atoms with Crippen LogP contribution in [-0.4, -0.2) is 16.8 Å². The van der Waals surface area contributed by atoms with Crippen LogP contribution in [0.15, 0.2) is 47.8 Å². The Morgan fingerprint density at radius 1 is 1.18 bits per heavy atom. The van der Waals surface area contributed by atoms with E-state index in [0.29, 0.717) is 23.9 Å². The van der Waals surface area contributed by atoms with Crippen LogP contribution < -0.4 is 5.32 Å². The number of rotatable bonds is 5. The molecule has 1 aromatic heterocycles. The molecule has 112 valence electrons. The molecular formula is C17H15ClN2OS. The Labute approximate surface area is 138 Å². The first-order valence-corrected chi connectivity index (χ1v) is 8.49. The van der Waals surface area contributed by atoms with Crippen LogP contribution >= 0.6 is 22.9 Å². The van der Waals surface area contributed by atoms with Gasteiger partial charge in [0.15, 0.2) is 5.13 Å². The van der Waals surface area contributed by atoms with Crippen LogP contribution in [0, 0.1) is 0 Å². The van der Waals surface area contributed by atoms with Gasteiger partial charge in [-0.05, 0) is 17.2 Å². The lowest BCUT2D eigenvalue weighted by Crippen LogP contribution is -2.10. The average molecular weight is 331 g/mol. The fourth-order valence-electron chi connectivity index (χ4n) is 2.31. The molecule has 5 heteroatoms. The number of thiazole rings is 1. The lowest BCUT2D eigenvalue weighted by Gasteiger charge is -2.03. The third-order valence-corrected chi connectivity index (χ3v) is 4.38. The normalized spacial score (nSPS) is 10.8. The van der Waals surface area contributed by atoms with Crippen molar-refractivity contribution < 1.29 is 4.79 Å². The van der Waals surface area contributed by atoms with Crippen LogP contribution in [0.1, 0.15) is 12.8 Å². The number of hydrogen-bond acceptors (Lipinski definition) is 3. The quantitative estimate of drug-likeness (QED) is 0.674. The molecule has 3 nitrogen and oxygen atoms in total. The summed E-state index contributed by atoms with van der Waals surface area (Å²) in [5.74, 6) is 0.450. The molecule has 0 radical (unpaired) electrons. The van der Waals surface area contributed by atoms with Crippen molar-refractivity contribution in [2.24, 2.45) is 0 Å². The molecule has 1 heterocycles. The zero-order valence-electron chi connectivity index (χ0n) is 11.9. The Balaban J connectivity index is 1.85. The minimum absolute atomic E-state index is 0.0422. The number of aromatic nitrogens is 1. The highest BCUT2D eigenvalue weighted by atomic mass is 35.5.